The van der Waals surface area contributed by atoms with E-state index in [-0.39, 0.29) is 48.5 Å². The second kappa shape index (κ2) is 17.1. The molecule has 2 heterocycles. The number of hydrogen-bond donors (Lipinski definition) is 1. The minimum Gasteiger partial charge on any atom is -0.493 e. The monoisotopic (exact) mass is 604 g/mol. The quantitative estimate of drug-likeness (QED) is 0.170. The summed E-state index contributed by atoms with van der Waals surface area (Å²) < 4.78 is 65.3. The second-order valence-electron chi connectivity index (χ2n) is 10.6. The van der Waals surface area contributed by atoms with Crippen LogP contribution in [0, 0.1) is 11.8 Å². The molecule has 4 atom stereocenters. The number of halogens is 3. The molecule has 13 heteroatoms. The fraction of sp³-hybridized carbons (Fsp3) is 0.724. The van der Waals surface area contributed by atoms with E-state index >= 15 is 0 Å². The van der Waals surface area contributed by atoms with Crippen molar-refractivity contribution in [2.75, 3.05) is 20.5 Å². The number of nitrogens with one attached hydrogen (secondary N) is 1. The lowest BCUT2D eigenvalue weighted by Crippen LogP contribution is -2.44. The van der Waals surface area contributed by atoms with E-state index in [1.54, 1.807) is 20.8 Å². The number of aromatic nitrogens is 1. The summed E-state index contributed by atoms with van der Waals surface area (Å²) in [5.74, 6) is -2.21. The zero-order valence-electron chi connectivity index (χ0n) is 25.0. The van der Waals surface area contributed by atoms with E-state index in [1.165, 1.54) is 19.4 Å². The van der Waals surface area contributed by atoms with Gasteiger partial charge in [-0.1, -0.05) is 40.0 Å². The Balaban J connectivity index is 2.16. The SMILES string of the molecule is CCCC[C@H]1CCC[C@H](NC(=O)c2nccc(OC)c2OCOC(=O)C(C)C)C(=O)O[C@@H](C)[C@@H]1OCCCC(F)(F)F. The van der Waals surface area contributed by atoms with Gasteiger partial charge < -0.3 is 29.0 Å². The van der Waals surface area contributed by atoms with Crippen LogP contribution in [0.25, 0.3) is 0 Å². The van der Waals surface area contributed by atoms with Gasteiger partial charge in [0.2, 0.25) is 6.79 Å². The predicted octanol–water partition coefficient (Wildman–Crippen LogP) is 5.37. The molecule has 0 aliphatic carbocycles. The Morgan fingerprint density at radius 3 is 2.60 bits per heavy atom. The van der Waals surface area contributed by atoms with Gasteiger partial charge in [-0.2, -0.15) is 13.2 Å². The Labute approximate surface area is 245 Å². The van der Waals surface area contributed by atoms with E-state index < -0.39 is 55.5 Å². The number of cyclic esters (lactones) is 1. The maximum Gasteiger partial charge on any atom is 0.389 e. The molecule has 1 aliphatic rings. The van der Waals surface area contributed by atoms with Crippen LogP contribution in [0.4, 0.5) is 13.2 Å². The summed E-state index contributed by atoms with van der Waals surface area (Å²) in [5.41, 5.74) is -0.178. The number of methoxy groups -OCH3 is 1. The van der Waals surface area contributed by atoms with Crippen LogP contribution in [-0.2, 0) is 23.8 Å². The molecule has 0 bridgehead atoms. The van der Waals surface area contributed by atoms with Crippen LogP contribution in [0.2, 0.25) is 0 Å². The first-order valence-corrected chi connectivity index (χ1v) is 14.4. The van der Waals surface area contributed by atoms with Crippen molar-refractivity contribution in [1.82, 2.24) is 10.3 Å². The predicted molar refractivity (Wildman–Crippen MR) is 146 cm³/mol. The van der Waals surface area contributed by atoms with Gasteiger partial charge in [-0.3, -0.25) is 9.59 Å². The molecule has 1 aromatic rings. The number of unbranched alkanes of at least 4 members (excludes halogenated alkanes) is 1. The van der Waals surface area contributed by atoms with E-state index in [0.29, 0.717) is 12.8 Å². The number of hydrogen-bond acceptors (Lipinski definition) is 9. The van der Waals surface area contributed by atoms with Crippen LogP contribution in [0.5, 0.6) is 11.5 Å². The first-order valence-electron chi connectivity index (χ1n) is 14.4. The Hall–Kier alpha value is -3.09. The molecule has 0 aromatic carbocycles. The molecule has 0 spiro atoms. The van der Waals surface area contributed by atoms with Crippen LogP contribution in [0.3, 0.4) is 0 Å². The van der Waals surface area contributed by atoms with Crippen molar-refractivity contribution in [2.24, 2.45) is 11.8 Å². The van der Waals surface area contributed by atoms with Gasteiger partial charge in [0, 0.05) is 25.3 Å². The molecule has 2 rings (SSSR count). The van der Waals surface area contributed by atoms with E-state index in [0.717, 1.165) is 19.3 Å². The molecule has 1 aliphatic heterocycles. The van der Waals surface area contributed by atoms with Gasteiger partial charge in [0.25, 0.3) is 5.91 Å². The first-order chi connectivity index (χ1) is 19.9. The van der Waals surface area contributed by atoms with Crippen molar-refractivity contribution in [3.05, 3.63) is 18.0 Å². The average molecular weight is 605 g/mol. The zero-order valence-corrected chi connectivity index (χ0v) is 25.0. The fourth-order valence-corrected chi connectivity index (χ4v) is 4.68. The molecule has 238 valence electrons. The van der Waals surface area contributed by atoms with Crippen molar-refractivity contribution in [1.29, 1.82) is 0 Å². The van der Waals surface area contributed by atoms with E-state index in [1.807, 2.05) is 6.92 Å². The van der Waals surface area contributed by atoms with Crippen molar-refractivity contribution in [3.8, 4) is 11.5 Å². The highest BCUT2D eigenvalue weighted by Crippen LogP contribution is 2.31. The van der Waals surface area contributed by atoms with E-state index in [2.05, 4.69) is 10.3 Å². The summed E-state index contributed by atoms with van der Waals surface area (Å²) in [6, 6.07) is 0.452. The molecule has 1 aromatic heterocycles. The second-order valence-corrected chi connectivity index (χ2v) is 10.6. The smallest absolute Gasteiger partial charge is 0.389 e. The molecule has 42 heavy (non-hydrogen) atoms. The lowest BCUT2D eigenvalue weighted by Gasteiger charge is -2.31. The van der Waals surface area contributed by atoms with Crippen LogP contribution in [-0.4, -0.2) is 67.8 Å². The summed E-state index contributed by atoms with van der Waals surface area (Å²) in [4.78, 5) is 42.4. The van der Waals surface area contributed by atoms with Gasteiger partial charge in [-0.05, 0) is 38.5 Å². The highest BCUT2D eigenvalue weighted by atomic mass is 19.4. The molecule has 0 unspecified atom stereocenters. The number of rotatable bonds is 14. The molecule has 1 amide bonds. The van der Waals surface area contributed by atoms with Gasteiger partial charge in [0.1, 0.15) is 12.1 Å². The molecule has 10 nitrogen and oxygen atoms in total. The number of carbonyl (C=O) groups excluding carboxylic acids is 3. The lowest BCUT2D eigenvalue weighted by atomic mass is 9.88. The normalized spacial score (nSPS) is 21.5. The summed E-state index contributed by atoms with van der Waals surface area (Å²) in [7, 11) is 1.37. The molecule has 1 fully saturated rings. The molecule has 1 saturated heterocycles. The van der Waals surface area contributed by atoms with Crippen LogP contribution in [0.1, 0.15) is 89.5 Å². The van der Waals surface area contributed by atoms with Crippen LogP contribution < -0.4 is 14.8 Å². The zero-order chi connectivity index (χ0) is 31.3. The largest absolute Gasteiger partial charge is 0.493 e. The van der Waals surface area contributed by atoms with Crippen molar-refractivity contribution >= 4 is 17.8 Å². The number of amides is 1. The third-order valence-electron chi connectivity index (χ3n) is 6.91. The molecule has 0 saturated carbocycles. The number of nitrogens with zero attached hydrogens (tertiary/aromatic N) is 1. The topological polar surface area (TPSA) is 122 Å². The van der Waals surface area contributed by atoms with E-state index in [9.17, 15) is 27.6 Å². The van der Waals surface area contributed by atoms with Crippen molar-refractivity contribution < 1.29 is 51.2 Å². The number of ether oxygens (including phenoxy) is 5. The Morgan fingerprint density at radius 2 is 1.95 bits per heavy atom. The van der Waals surface area contributed by atoms with Crippen molar-refractivity contribution in [3.63, 3.8) is 0 Å². The number of esters is 2. The first kappa shape index (κ1) is 35.1. The summed E-state index contributed by atoms with van der Waals surface area (Å²) in [6.07, 6.45) is -1.33. The molecular weight excluding hydrogens is 561 g/mol. The summed E-state index contributed by atoms with van der Waals surface area (Å²) in [5, 5.41) is 2.67. The molecule has 0 radical (unpaired) electrons. The van der Waals surface area contributed by atoms with Gasteiger partial charge in [-0.15, -0.1) is 0 Å². The Bertz CT molecular complexity index is 1020. The highest BCUT2D eigenvalue weighted by molar-refractivity contribution is 5.98. The third-order valence-corrected chi connectivity index (χ3v) is 6.91. The van der Waals surface area contributed by atoms with Gasteiger partial charge in [0.15, 0.2) is 17.2 Å². The maximum atomic E-state index is 13.3. The lowest BCUT2D eigenvalue weighted by molar-refractivity contribution is -0.162. The van der Waals surface area contributed by atoms with Gasteiger partial charge >= 0.3 is 18.1 Å². The maximum absolute atomic E-state index is 13.3. The molecule has 1 N–H and O–H groups in total. The van der Waals surface area contributed by atoms with E-state index in [4.69, 9.17) is 23.7 Å². The summed E-state index contributed by atoms with van der Waals surface area (Å²) >= 11 is 0. The number of pyridine rings is 1. The highest BCUT2D eigenvalue weighted by Gasteiger charge is 2.36. The van der Waals surface area contributed by atoms with Crippen LogP contribution in [0.15, 0.2) is 12.3 Å². The van der Waals surface area contributed by atoms with Gasteiger partial charge in [-0.25, -0.2) is 9.78 Å². The summed E-state index contributed by atoms with van der Waals surface area (Å²) in [6.45, 7) is 6.44. The Morgan fingerprint density at radius 1 is 1.21 bits per heavy atom. The third kappa shape index (κ3) is 11.3. The van der Waals surface area contributed by atoms with Crippen LogP contribution >= 0.6 is 0 Å². The van der Waals surface area contributed by atoms with Gasteiger partial charge in [0.05, 0.1) is 19.1 Å². The minimum atomic E-state index is -4.27. The minimum absolute atomic E-state index is 0.0262. The standard InChI is InChI=1S/C29H43F3N2O8/c1-6-7-10-20-11-8-12-21(28(37)42-19(4)24(20)39-16-9-14-29(30,31)32)34-26(35)23-25(22(38-5)13-15-33-23)40-17-41-27(36)18(2)3/h13,15,18-21,24H,6-12,14,16-17H2,1-5H3,(H,34,35)/t19-,20-,21-,24-/m0/s1. The Kier molecular flexibility index (Phi) is 14.3. The number of carbonyl (C=O) groups is 3. The fourth-order valence-electron chi connectivity index (χ4n) is 4.68. The number of alkyl halides is 3. The molecular formula is C29H43F3N2O8. The average Bonchev–Trinajstić information content (AvgIpc) is 2.97. The van der Waals surface area contributed by atoms with Crippen molar-refractivity contribution in [2.45, 2.75) is 103 Å².